The van der Waals surface area contributed by atoms with Crippen LogP contribution in [0, 0.1) is 0 Å². The van der Waals surface area contributed by atoms with Crippen molar-refractivity contribution in [3.05, 3.63) is 59.3 Å². The number of pyridine rings is 1. The highest BCUT2D eigenvalue weighted by molar-refractivity contribution is 5.47. The lowest BCUT2D eigenvalue weighted by Crippen LogP contribution is -2.16. The number of hydrogen-bond donors (Lipinski definition) is 1. The van der Waals surface area contributed by atoms with Crippen LogP contribution in [0.3, 0.4) is 0 Å². The SMILES string of the molecule is NCc1cccc(N2Cc3ccccc3C2)n1. The van der Waals surface area contributed by atoms with Crippen molar-refractivity contribution in [3.8, 4) is 0 Å². The first-order valence-corrected chi connectivity index (χ1v) is 5.84. The molecule has 86 valence electrons. The first kappa shape index (κ1) is 10.3. The van der Waals surface area contributed by atoms with Gasteiger partial charge in [-0.3, -0.25) is 0 Å². The Morgan fingerprint density at radius 1 is 1.00 bits per heavy atom. The zero-order chi connectivity index (χ0) is 11.7. The van der Waals surface area contributed by atoms with Gasteiger partial charge >= 0.3 is 0 Å². The standard InChI is InChI=1S/C14H15N3/c15-8-13-6-3-7-14(16-13)17-9-11-4-1-2-5-12(11)10-17/h1-7H,8-10,15H2. The van der Waals surface area contributed by atoms with Crippen molar-refractivity contribution < 1.29 is 0 Å². The van der Waals surface area contributed by atoms with E-state index in [0.717, 1.165) is 24.6 Å². The van der Waals surface area contributed by atoms with E-state index in [-0.39, 0.29) is 0 Å². The Bertz CT molecular complexity index is 511. The molecule has 0 unspecified atom stereocenters. The summed E-state index contributed by atoms with van der Waals surface area (Å²) >= 11 is 0. The predicted molar refractivity (Wildman–Crippen MR) is 68.5 cm³/mol. The molecular formula is C14H15N3. The number of nitrogens with two attached hydrogens (primary N) is 1. The van der Waals surface area contributed by atoms with Crippen molar-refractivity contribution in [2.24, 2.45) is 5.73 Å². The molecule has 17 heavy (non-hydrogen) atoms. The van der Waals surface area contributed by atoms with Crippen LogP contribution in [0.1, 0.15) is 16.8 Å². The van der Waals surface area contributed by atoms with E-state index in [9.17, 15) is 0 Å². The van der Waals surface area contributed by atoms with E-state index in [0.29, 0.717) is 6.54 Å². The van der Waals surface area contributed by atoms with Gasteiger partial charge in [-0.1, -0.05) is 30.3 Å². The largest absolute Gasteiger partial charge is 0.348 e. The molecule has 0 aliphatic carbocycles. The molecule has 3 heteroatoms. The molecule has 2 N–H and O–H groups in total. The van der Waals surface area contributed by atoms with Gasteiger partial charge in [0.2, 0.25) is 0 Å². The van der Waals surface area contributed by atoms with Crippen LogP contribution in [0.4, 0.5) is 5.82 Å². The van der Waals surface area contributed by atoms with Gasteiger partial charge in [-0.2, -0.15) is 0 Å². The Kier molecular flexibility index (Phi) is 2.53. The van der Waals surface area contributed by atoms with Gasteiger partial charge in [0.1, 0.15) is 5.82 Å². The summed E-state index contributed by atoms with van der Waals surface area (Å²) in [7, 11) is 0. The van der Waals surface area contributed by atoms with Gasteiger partial charge in [0.05, 0.1) is 5.69 Å². The molecule has 3 rings (SSSR count). The van der Waals surface area contributed by atoms with E-state index in [1.807, 2.05) is 18.2 Å². The van der Waals surface area contributed by atoms with Crippen LogP contribution in [-0.4, -0.2) is 4.98 Å². The Hall–Kier alpha value is -1.87. The van der Waals surface area contributed by atoms with Gasteiger partial charge in [0.25, 0.3) is 0 Å². The molecular weight excluding hydrogens is 210 g/mol. The molecule has 0 bridgehead atoms. The van der Waals surface area contributed by atoms with E-state index in [2.05, 4.69) is 34.1 Å². The molecule has 0 radical (unpaired) electrons. The van der Waals surface area contributed by atoms with Gasteiger partial charge < -0.3 is 10.6 Å². The summed E-state index contributed by atoms with van der Waals surface area (Å²) in [4.78, 5) is 6.84. The van der Waals surface area contributed by atoms with Crippen molar-refractivity contribution in [2.45, 2.75) is 19.6 Å². The Labute approximate surface area is 101 Å². The second-order valence-electron chi connectivity index (χ2n) is 4.32. The average molecular weight is 225 g/mol. The minimum absolute atomic E-state index is 0.495. The minimum Gasteiger partial charge on any atom is -0.348 e. The number of anilines is 1. The summed E-state index contributed by atoms with van der Waals surface area (Å²) in [6.45, 7) is 2.38. The summed E-state index contributed by atoms with van der Waals surface area (Å²) in [5.74, 6) is 1.02. The predicted octanol–water partition coefficient (Wildman–Crippen LogP) is 2.06. The van der Waals surface area contributed by atoms with E-state index >= 15 is 0 Å². The van der Waals surface area contributed by atoms with Gasteiger partial charge in [-0.25, -0.2) is 4.98 Å². The maximum atomic E-state index is 5.62. The highest BCUT2D eigenvalue weighted by atomic mass is 15.2. The number of aromatic nitrogens is 1. The first-order chi connectivity index (χ1) is 8.36. The fourth-order valence-corrected chi connectivity index (χ4v) is 2.25. The number of fused-ring (bicyclic) bond motifs is 1. The molecule has 0 fully saturated rings. The fourth-order valence-electron chi connectivity index (χ4n) is 2.25. The third-order valence-corrected chi connectivity index (χ3v) is 3.17. The zero-order valence-electron chi connectivity index (χ0n) is 9.63. The van der Waals surface area contributed by atoms with Crippen molar-refractivity contribution in [1.29, 1.82) is 0 Å². The smallest absolute Gasteiger partial charge is 0.129 e. The number of nitrogens with zero attached hydrogens (tertiary/aromatic N) is 2. The maximum Gasteiger partial charge on any atom is 0.129 e. The quantitative estimate of drug-likeness (QED) is 0.850. The fraction of sp³-hybridized carbons (Fsp3) is 0.214. The molecule has 3 nitrogen and oxygen atoms in total. The molecule has 0 amide bonds. The normalized spacial score (nSPS) is 13.8. The lowest BCUT2D eigenvalue weighted by Gasteiger charge is -2.16. The third kappa shape index (κ3) is 1.89. The van der Waals surface area contributed by atoms with Gasteiger partial charge in [0.15, 0.2) is 0 Å². The van der Waals surface area contributed by atoms with Crippen LogP contribution in [-0.2, 0) is 19.6 Å². The maximum absolute atomic E-state index is 5.62. The third-order valence-electron chi connectivity index (χ3n) is 3.17. The highest BCUT2D eigenvalue weighted by Crippen LogP contribution is 2.26. The zero-order valence-corrected chi connectivity index (χ0v) is 9.63. The molecule has 1 aliphatic rings. The molecule has 1 aliphatic heterocycles. The van der Waals surface area contributed by atoms with Crippen molar-refractivity contribution in [3.63, 3.8) is 0 Å². The molecule has 0 saturated carbocycles. The minimum atomic E-state index is 0.495. The topological polar surface area (TPSA) is 42.1 Å². The van der Waals surface area contributed by atoms with Crippen LogP contribution in [0.15, 0.2) is 42.5 Å². The van der Waals surface area contributed by atoms with Crippen LogP contribution < -0.4 is 10.6 Å². The summed E-state index contributed by atoms with van der Waals surface area (Å²) in [6, 6.07) is 14.6. The van der Waals surface area contributed by atoms with Gasteiger partial charge in [-0.05, 0) is 23.3 Å². The van der Waals surface area contributed by atoms with Crippen LogP contribution in [0.5, 0.6) is 0 Å². The lowest BCUT2D eigenvalue weighted by atomic mass is 10.1. The van der Waals surface area contributed by atoms with Gasteiger partial charge in [-0.15, -0.1) is 0 Å². The monoisotopic (exact) mass is 225 g/mol. The van der Waals surface area contributed by atoms with E-state index in [4.69, 9.17) is 5.73 Å². The molecule has 0 saturated heterocycles. The second kappa shape index (κ2) is 4.18. The van der Waals surface area contributed by atoms with Crippen molar-refractivity contribution >= 4 is 5.82 Å². The number of rotatable bonds is 2. The summed E-state index contributed by atoms with van der Waals surface area (Å²) in [5.41, 5.74) is 9.36. The van der Waals surface area contributed by atoms with E-state index < -0.39 is 0 Å². The van der Waals surface area contributed by atoms with Crippen LogP contribution in [0.25, 0.3) is 0 Å². The van der Waals surface area contributed by atoms with Crippen LogP contribution >= 0.6 is 0 Å². The second-order valence-corrected chi connectivity index (χ2v) is 4.32. The lowest BCUT2D eigenvalue weighted by molar-refractivity contribution is 0.843. The summed E-state index contributed by atoms with van der Waals surface area (Å²) < 4.78 is 0. The van der Waals surface area contributed by atoms with Crippen LogP contribution in [0.2, 0.25) is 0 Å². The first-order valence-electron chi connectivity index (χ1n) is 5.84. The van der Waals surface area contributed by atoms with E-state index in [1.54, 1.807) is 0 Å². The molecule has 2 aromatic rings. The molecule has 0 spiro atoms. The number of benzene rings is 1. The Morgan fingerprint density at radius 3 is 2.35 bits per heavy atom. The number of hydrogen-bond acceptors (Lipinski definition) is 3. The molecule has 1 aromatic heterocycles. The van der Waals surface area contributed by atoms with Crippen molar-refractivity contribution in [1.82, 2.24) is 4.98 Å². The van der Waals surface area contributed by atoms with Crippen molar-refractivity contribution in [2.75, 3.05) is 4.90 Å². The molecule has 0 atom stereocenters. The Balaban J connectivity index is 1.88. The van der Waals surface area contributed by atoms with E-state index in [1.165, 1.54) is 11.1 Å². The highest BCUT2D eigenvalue weighted by Gasteiger charge is 2.19. The molecule has 1 aromatic carbocycles. The Morgan fingerprint density at radius 2 is 1.71 bits per heavy atom. The average Bonchev–Trinajstić information content (AvgIpc) is 2.82. The van der Waals surface area contributed by atoms with Gasteiger partial charge in [0, 0.05) is 19.6 Å². The summed E-state index contributed by atoms with van der Waals surface area (Å²) in [6.07, 6.45) is 0. The molecule has 2 heterocycles. The summed E-state index contributed by atoms with van der Waals surface area (Å²) in [5, 5.41) is 0.